The number of imidazole rings is 1. The Morgan fingerprint density at radius 1 is 1.45 bits per heavy atom. The Morgan fingerprint density at radius 2 is 2.27 bits per heavy atom. The van der Waals surface area contributed by atoms with Crippen molar-refractivity contribution in [1.29, 1.82) is 0 Å². The van der Waals surface area contributed by atoms with E-state index in [1.165, 1.54) is 0 Å². The molecular formula is C7H5IN2S. The van der Waals surface area contributed by atoms with Gasteiger partial charge in [0, 0.05) is 4.90 Å². The van der Waals surface area contributed by atoms with Crippen molar-refractivity contribution >= 4 is 46.3 Å². The zero-order valence-electron chi connectivity index (χ0n) is 5.50. The first-order valence-corrected chi connectivity index (χ1v) is 4.62. The van der Waals surface area contributed by atoms with E-state index in [0.29, 0.717) is 0 Å². The highest BCUT2D eigenvalue weighted by molar-refractivity contribution is 14.1. The van der Waals surface area contributed by atoms with E-state index < -0.39 is 0 Å². The van der Waals surface area contributed by atoms with Gasteiger partial charge in [-0.1, -0.05) is 0 Å². The summed E-state index contributed by atoms with van der Waals surface area (Å²) in [5.74, 6) is 0. The van der Waals surface area contributed by atoms with Crippen LogP contribution in [-0.2, 0) is 0 Å². The lowest BCUT2D eigenvalue weighted by molar-refractivity contribution is 1.34. The van der Waals surface area contributed by atoms with Crippen LogP contribution in [0.15, 0.2) is 23.4 Å². The van der Waals surface area contributed by atoms with Gasteiger partial charge in [-0.25, -0.2) is 4.98 Å². The van der Waals surface area contributed by atoms with Gasteiger partial charge < -0.3 is 4.98 Å². The van der Waals surface area contributed by atoms with Gasteiger partial charge in [0.05, 0.1) is 15.4 Å². The van der Waals surface area contributed by atoms with E-state index in [1.54, 1.807) is 6.33 Å². The van der Waals surface area contributed by atoms with E-state index in [-0.39, 0.29) is 0 Å². The van der Waals surface area contributed by atoms with E-state index >= 15 is 0 Å². The van der Waals surface area contributed by atoms with Gasteiger partial charge in [0.2, 0.25) is 0 Å². The average molecular weight is 276 g/mol. The van der Waals surface area contributed by atoms with Gasteiger partial charge in [0.25, 0.3) is 0 Å². The highest BCUT2D eigenvalue weighted by Crippen LogP contribution is 2.23. The van der Waals surface area contributed by atoms with Crippen LogP contribution in [0.25, 0.3) is 11.0 Å². The van der Waals surface area contributed by atoms with Crippen molar-refractivity contribution in [3.05, 3.63) is 22.0 Å². The Kier molecular flexibility index (Phi) is 1.80. The second kappa shape index (κ2) is 2.67. The summed E-state index contributed by atoms with van der Waals surface area (Å²) in [5, 5.41) is 0. The van der Waals surface area contributed by atoms with Crippen LogP contribution in [0, 0.1) is 3.57 Å². The highest BCUT2D eigenvalue weighted by Gasteiger charge is 2.02. The molecule has 0 atom stereocenters. The van der Waals surface area contributed by atoms with Crippen LogP contribution in [0.5, 0.6) is 0 Å². The van der Waals surface area contributed by atoms with Crippen molar-refractivity contribution in [2.45, 2.75) is 4.90 Å². The van der Waals surface area contributed by atoms with Crippen LogP contribution in [0.4, 0.5) is 0 Å². The number of nitrogens with one attached hydrogen (secondary N) is 1. The molecule has 56 valence electrons. The molecule has 0 unspecified atom stereocenters. The van der Waals surface area contributed by atoms with E-state index in [9.17, 15) is 0 Å². The van der Waals surface area contributed by atoms with Crippen LogP contribution >= 0.6 is 35.2 Å². The molecule has 0 fully saturated rings. The molecule has 0 saturated carbocycles. The second-order valence-corrected chi connectivity index (χ2v) is 3.76. The minimum atomic E-state index is 0.977. The van der Waals surface area contributed by atoms with Gasteiger partial charge in [-0.05, 0) is 34.7 Å². The predicted octanol–water partition coefficient (Wildman–Crippen LogP) is 2.46. The Hall–Kier alpha value is -0.230. The summed E-state index contributed by atoms with van der Waals surface area (Å²) < 4.78 is 1.10. The molecule has 4 heteroatoms. The van der Waals surface area contributed by atoms with E-state index in [0.717, 1.165) is 19.5 Å². The van der Waals surface area contributed by atoms with Crippen molar-refractivity contribution in [2.24, 2.45) is 0 Å². The van der Waals surface area contributed by atoms with Crippen LogP contribution < -0.4 is 0 Å². The lowest BCUT2D eigenvalue weighted by atomic mass is 10.3. The molecule has 0 spiro atoms. The molecule has 2 rings (SSSR count). The van der Waals surface area contributed by atoms with Crippen molar-refractivity contribution < 1.29 is 0 Å². The smallest absolute Gasteiger partial charge is 0.103 e. The number of aromatic amines is 1. The maximum atomic E-state index is 4.29. The maximum absolute atomic E-state index is 4.29. The fourth-order valence-electron chi connectivity index (χ4n) is 0.963. The lowest BCUT2D eigenvalue weighted by Gasteiger charge is -1.95. The van der Waals surface area contributed by atoms with Crippen molar-refractivity contribution in [3.8, 4) is 0 Å². The molecule has 2 aromatic rings. The number of fused-ring (bicyclic) bond motifs is 1. The van der Waals surface area contributed by atoms with E-state index in [1.807, 2.05) is 12.1 Å². The summed E-state index contributed by atoms with van der Waals surface area (Å²) in [5.41, 5.74) is 2.06. The van der Waals surface area contributed by atoms with Crippen LogP contribution in [0.3, 0.4) is 0 Å². The molecule has 1 aromatic heterocycles. The molecule has 0 radical (unpaired) electrons. The van der Waals surface area contributed by atoms with E-state index in [4.69, 9.17) is 0 Å². The first-order chi connectivity index (χ1) is 5.29. The Balaban J connectivity index is 2.93. The fraction of sp³-hybridized carbons (Fsp3) is 0. The lowest BCUT2D eigenvalue weighted by Crippen LogP contribution is -1.77. The summed E-state index contributed by atoms with van der Waals surface area (Å²) in [6.07, 6.45) is 1.69. The van der Waals surface area contributed by atoms with Gasteiger partial charge in [0.15, 0.2) is 0 Å². The molecule has 0 amide bonds. The molecule has 0 bridgehead atoms. The van der Waals surface area contributed by atoms with E-state index in [2.05, 4.69) is 45.2 Å². The quantitative estimate of drug-likeness (QED) is 0.561. The van der Waals surface area contributed by atoms with Crippen LogP contribution in [-0.4, -0.2) is 9.97 Å². The Morgan fingerprint density at radius 3 is 3.09 bits per heavy atom. The summed E-state index contributed by atoms with van der Waals surface area (Å²) in [6.45, 7) is 0. The number of halogens is 1. The first kappa shape index (κ1) is 7.42. The number of thiol groups is 1. The number of H-pyrrole nitrogens is 1. The summed E-state index contributed by atoms with van der Waals surface area (Å²) in [4.78, 5) is 8.18. The zero-order chi connectivity index (χ0) is 7.84. The van der Waals surface area contributed by atoms with Crippen molar-refractivity contribution in [2.75, 3.05) is 0 Å². The summed E-state index contributed by atoms with van der Waals surface area (Å²) in [7, 11) is 0. The highest BCUT2D eigenvalue weighted by atomic mass is 127. The topological polar surface area (TPSA) is 28.7 Å². The van der Waals surface area contributed by atoms with Gasteiger partial charge in [-0.2, -0.15) is 0 Å². The third-order valence-corrected chi connectivity index (χ3v) is 3.40. The SMILES string of the molecule is Sc1ccc2[nH]cnc2c1I. The number of hydrogen-bond acceptors (Lipinski definition) is 2. The minimum absolute atomic E-state index is 0.977. The van der Waals surface area contributed by atoms with Gasteiger partial charge in [-0.3, -0.25) is 0 Å². The standard InChI is InChI=1S/C7H5IN2S/c8-6-5(11)2-1-4-7(6)10-3-9-4/h1-3,11H,(H,9,10). The van der Waals surface area contributed by atoms with Gasteiger partial charge >= 0.3 is 0 Å². The monoisotopic (exact) mass is 276 g/mol. The molecule has 0 aliphatic heterocycles. The molecule has 1 N–H and O–H groups in total. The normalized spacial score (nSPS) is 10.7. The molecule has 2 nitrogen and oxygen atoms in total. The van der Waals surface area contributed by atoms with Gasteiger partial charge in [0.1, 0.15) is 5.52 Å². The number of benzene rings is 1. The fourth-order valence-corrected chi connectivity index (χ4v) is 1.75. The van der Waals surface area contributed by atoms with Crippen LogP contribution in [0.1, 0.15) is 0 Å². The van der Waals surface area contributed by atoms with Crippen molar-refractivity contribution in [1.82, 2.24) is 9.97 Å². The number of rotatable bonds is 0. The Bertz CT molecular complexity index is 396. The molecular weight excluding hydrogens is 271 g/mol. The predicted molar refractivity (Wildman–Crippen MR) is 56.1 cm³/mol. The second-order valence-electron chi connectivity index (χ2n) is 2.20. The largest absolute Gasteiger partial charge is 0.345 e. The van der Waals surface area contributed by atoms with Gasteiger partial charge in [-0.15, -0.1) is 12.6 Å². The number of aromatic nitrogens is 2. The third kappa shape index (κ3) is 1.14. The zero-order valence-corrected chi connectivity index (χ0v) is 8.56. The molecule has 1 heterocycles. The molecule has 0 aliphatic carbocycles. The maximum Gasteiger partial charge on any atom is 0.103 e. The summed E-state index contributed by atoms with van der Waals surface area (Å²) in [6, 6.07) is 3.94. The molecule has 0 saturated heterocycles. The molecule has 0 aliphatic rings. The average Bonchev–Trinajstić information content (AvgIpc) is 2.45. The first-order valence-electron chi connectivity index (χ1n) is 3.09. The summed E-state index contributed by atoms with van der Waals surface area (Å²) >= 11 is 6.53. The molecule has 11 heavy (non-hydrogen) atoms. The third-order valence-electron chi connectivity index (χ3n) is 1.51. The number of hydrogen-bond donors (Lipinski definition) is 2. The number of nitrogens with zero attached hydrogens (tertiary/aromatic N) is 1. The molecule has 1 aromatic carbocycles. The van der Waals surface area contributed by atoms with Crippen LogP contribution in [0.2, 0.25) is 0 Å². The van der Waals surface area contributed by atoms with Crippen molar-refractivity contribution in [3.63, 3.8) is 0 Å². The Labute approximate surface area is 83.0 Å². The minimum Gasteiger partial charge on any atom is -0.345 e.